The fraction of sp³-hybridized carbons (Fsp3) is 0.450. The first-order chi connectivity index (χ1) is 11.3. The van der Waals surface area contributed by atoms with Crippen molar-refractivity contribution in [3.05, 3.63) is 48.0 Å². The lowest BCUT2D eigenvalue weighted by atomic mass is 10.0. The van der Waals surface area contributed by atoms with Crippen LogP contribution in [0.25, 0.3) is 10.8 Å². The molecule has 3 heteroatoms. The molecule has 1 N–H and O–H groups in total. The molecule has 2 aromatic rings. The number of rotatable bonds is 6. The number of carbonyl (C=O) groups is 1. The molecule has 3 rings (SSSR count). The van der Waals surface area contributed by atoms with Crippen LogP contribution in [0.1, 0.15) is 31.7 Å². The zero-order chi connectivity index (χ0) is 16.1. The number of benzene rings is 2. The van der Waals surface area contributed by atoms with Gasteiger partial charge < -0.3 is 10.2 Å². The summed E-state index contributed by atoms with van der Waals surface area (Å²) < 4.78 is 0. The van der Waals surface area contributed by atoms with Gasteiger partial charge in [0.05, 0.1) is 0 Å². The number of fused-ring (bicyclic) bond motifs is 1. The molecule has 0 radical (unpaired) electrons. The van der Waals surface area contributed by atoms with Gasteiger partial charge in [0, 0.05) is 25.6 Å². The SMILES string of the molecule is CCCN(C(=O)CCc1ccc2ccccc2c1)C1CCNC1. The average molecular weight is 310 g/mol. The van der Waals surface area contributed by atoms with Crippen LogP contribution in [0, 0.1) is 0 Å². The van der Waals surface area contributed by atoms with Crippen molar-refractivity contribution in [1.82, 2.24) is 10.2 Å². The minimum Gasteiger partial charge on any atom is -0.338 e. The van der Waals surface area contributed by atoms with Crippen LogP contribution < -0.4 is 5.32 Å². The number of amides is 1. The number of nitrogens with one attached hydrogen (secondary N) is 1. The van der Waals surface area contributed by atoms with E-state index in [1.165, 1.54) is 16.3 Å². The highest BCUT2D eigenvalue weighted by Gasteiger charge is 2.25. The second-order valence-electron chi connectivity index (χ2n) is 6.42. The maximum atomic E-state index is 12.7. The van der Waals surface area contributed by atoms with E-state index in [0.717, 1.165) is 38.9 Å². The Kier molecular flexibility index (Phi) is 5.29. The van der Waals surface area contributed by atoms with Crippen molar-refractivity contribution in [3.8, 4) is 0 Å². The molecule has 0 spiro atoms. The van der Waals surface area contributed by atoms with E-state index >= 15 is 0 Å². The Hall–Kier alpha value is -1.87. The Morgan fingerprint density at radius 1 is 1.22 bits per heavy atom. The van der Waals surface area contributed by atoms with E-state index in [2.05, 4.69) is 59.6 Å². The van der Waals surface area contributed by atoms with E-state index in [9.17, 15) is 4.79 Å². The second-order valence-corrected chi connectivity index (χ2v) is 6.42. The van der Waals surface area contributed by atoms with Gasteiger partial charge in [-0.1, -0.05) is 49.4 Å². The van der Waals surface area contributed by atoms with E-state index in [4.69, 9.17) is 0 Å². The Labute approximate surface area is 138 Å². The van der Waals surface area contributed by atoms with Crippen LogP contribution in [0.15, 0.2) is 42.5 Å². The molecule has 1 heterocycles. The van der Waals surface area contributed by atoms with Crippen LogP contribution in [0.2, 0.25) is 0 Å². The Morgan fingerprint density at radius 2 is 2.04 bits per heavy atom. The summed E-state index contributed by atoms with van der Waals surface area (Å²) in [5.41, 5.74) is 1.25. The highest BCUT2D eigenvalue weighted by Crippen LogP contribution is 2.18. The third-order valence-corrected chi connectivity index (χ3v) is 4.70. The zero-order valence-corrected chi connectivity index (χ0v) is 13.9. The largest absolute Gasteiger partial charge is 0.338 e. The monoisotopic (exact) mass is 310 g/mol. The second kappa shape index (κ2) is 7.60. The minimum atomic E-state index is 0.300. The molecule has 122 valence electrons. The van der Waals surface area contributed by atoms with Gasteiger partial charge >= 0.3 is 0 Å². The van der Waals surface area contributed by atoms with E-state index in [0.29, 0.717) is 18.4 Å². The number of hydrogen-bond acceptors (Lipinski definition) is 2. The molecule has 1 aliphatic heterocycles. The van der Waals surface area contributed by atoms with Crippen LogP contribution in [-0.2, 0) is 11.2 Å². The number of hydrogen-bond donors (Lipinski definition) is 1. The van der Waals surface area contributed by atoms with Gasteiger partial charge in [-0.15, -0.1) is 0 Å². The predicted octanol–water partition coefficient (Wildman–Crippen LogP) is 3.37. The molecule has 1 amide bonds. The van der Waals surface area contributed by atoms with E-state index < -0.39 is 0 Å². The van der Waals surface area contributed by atoms with Crippen LogP contribution in [0.3, 0.4) is 0 Å². The van der Waals surface area contributed by atoms with Gasteiger partial charge in [-0.3, -0.25) is 4.79 Å². The van der Waals surface area contributed by atoms with Crippen molar-refractivity contribution in [1.29, 1.82) is 0 Å². The average Bonchev–Trinajstić information content (AvgIpc) is 3.11. The van der Waals surface area contributed by atoms with Gasteiger partial charge in [-0.05, 0) is 42.1 Å². The van der Waals surface area contributed by atoms with Crippen molar-refractivity contribution in [3.63, 3.8) is 0 Å². The first-order valence-corrected chi connectivity index (χ1v) is 8.76. The highest BCUT2D eigenvalue weighted by atomic mass is 16.2. The predicted molar refractivity (Wildman–Crippen MR) is 95.5 cm³/mol. The Bertz CT molecular complexity index is 661. The van der Waals surface area contributed by atoms with Crippen LogP contribution in [-0.4, -0.2) is 36.5 Å². The summed E-state index contributed by atoms with van der Waals surface area (Å²) in [5, 5.41) is 5.88. The number of carbonyl (C=O) groups excluding carboxylic acids is 1. The van der Waals surface area contributed by atoms with Crippen molar-refractivity contribution >= 4 is 16.7 Å². The Balaban J connectivity index is 1.63. The summed E-state index contributed by atoms with van der Waals surface area (Å²) in [6.45, 7) is 5.00. The van der Waals surface area contributed by atoms with Crippen molar-refractivity contribution < 1.29 is 4.79 Å². The molecule has 1 unspecified atom stereocenters. The summed E-state index contributed by atoms with van der Waals surface area (Å²) in [4.78, 5) is 14.8. The van der Waals surface area contributed by atoms with Crippen molar-refractivity contribution in [2.75, 3.05) is 19.6 Å². The smallest absolute Gasteiger partial charge is 0.223 e. The summed E-state index contributed by atoms with van der Waals surface area (Å²) in [6.07, 6.45) is 3.54. The summed E-state index contributed by atoms with van der Waals surface area (Å²) >= 11 is 0. The maximum absolute atomic E-state index is 12.7. The van der Waals surface area contributed by atoms with Gasteiger partial charge in [-0.2, -0.15) is 0 Å². The molecular weight excluding hydrogens is 284 g/mol. The highest BCUT2D eigenvalue weighted by molar-refractivity contribution is 5.83. The van der Waals surface area contributed by atoms with E-state index in [1.54, 1.807) is 0 Å². The van der Waals surface area contributed by atoms with Gasteiger partial charge in [-0.25, -0.2) is 0 Å². The summed E-state index contributed by atoms with van der Waals surface area (Å²) in [7, 11) is 0. The Morgan fingerprint density at radius 3 is 2.78 bits per heavy atom. The first-order valence-electron chi connectivity index (χ1n) is 8.76. The molecule has 1 saturated heterocycles. The number of aryl methyl sites for hydroxylation is 1. The van der Waals surface area contributed by atoms with Crippen molar-refractivity contribution in [2.45, 2.75) is 38.6 Å². The maximum Gasteiger partial charge on any atom is 0.223 e. The number of nitrogens with zero attached hydrogens (tertiary/aromatic N) is 1. The molecule has 1 aliphatic rings. The molecule has 23 heavy (non-hydrogen) atoms. The molecule has 3 nitrogen and oxygen atoms in total. The van der Waals surface area contributed by atoms with Crippen LogP contribution in [0.5, 0.6) is 0 Å². The molecule has 0 saturated carbocycles. The van der Waals surface area contributed by atoms with E-state index in [-0.39, 0.29) is 0 Å². The third kappa shape index (κ3) is 3.91. The zero-order valence-electron chi connectivity index (χ0n) is 13.9. The summed E-state index contributed by atoms with van der Waals surface area (Å²) in [6, 6.07) is 15.3. The minimum absolute atomic E-state index is 0.300. The topological polar surface area (TPSA) is 32.3 Å². The molecular formula is C20H26N2O. The first kappa shape index (κ1) is 16.0. The van der Waals surface area contributed by atoms with Crippen LogP contribution in [0.4, 0.5) is 0 Å². The molecule has 0 aliphatic carbocycles. The van der Waals surface area contributed by atoms with Gasteiger partial charge in [0.2, 0.25) is 5.91 Å². The van der Waals surface area contributed by atoms with E-state index in [1.807, 2.05) is 0 Å². The molecule has 2 aromatic carbocycles. The quantitative estimate of drug-likeness (QED) is 0.887. The lowest BCUT2D eigenvalue weighted by molar-refractivity contribution is -0.133. The van der Waals surface area contributed by atoms with Crippen molar-refractivity contribution in [2.24, 2.45) is 0 Å². The molecule has 1 fully saturated rings. The van der Waals surface area contributed by atoms with Gasteiger partial charge in [0.1, 0.15) is 0 Å². The standard InChI is InChI=1S/C20H26N2O/c1-2-13-22(19-11-12-21-15-19)20(23)10-8-16-7-9-17-5-3-4-6-18(17)14-16/h3-7,9,14,19,21H,2,8,10-13,15H2,1H3. The fourth-order valence-electron chi connectivity index (χ4n) is 3.45. The summed E-state index contributed by atoms with van der Waals surface area (Å²) in [5.74, 6) is 0.300. The molecule has 0 bridgehead atoms. The fourth-order valence-corrected chi connectivity index (χ4v) is 3.45. The molecule has 1 atom stereocenters. The van der Waals surface area contributed by atoms with Crippen LogP contribution >= 0.6 is 0 Å². The van der Waals surface area contributed by atoms with Gasteiger partial charge in [0.25, 0.3) is 0 Å². The third-order valence-electron chi connectivity index (χ3n) is 4.70. The lowest BCUT2D eigenvalue weighted by Crippen LogP contribution is -2.42. The molecule has 0 aromatic heterocycles. The van der Waals surface area contributed by atoms with Gasteiger partial charge in [0.15, 0.2) is 0 Å². The lowest BCUT2D eigenvalue weighted by Gasteiger charge is -2.28. The normalized spacial score (nSPS) is 17.5.